The Morgan fingerprint density at radius 2 is 2.10 bits per heavy atom. The Labute approximate surface area is 122 Å². The molecule has 0 saturated heterocycles. The Bertz CT molecular complexity index is 464. The van der Waals surface area contributed by atoms with Crippen LogP contribution in [0.1, 0.15) is 26.3 Å². The van der Waals surface area contributed by atoms with Gasteiger partial charge >= 0.3 is 0 Å². The maximum absolute atomic E-state index is 10.6. The summed E-state index contributed by atoms with van der Waals surface area (Å²) in [6, 6.07) is 7.84. The van der Waals surface area contributed by atoms with E-state index in [0.29, 0.717) is 19.6 Å². The molecule has 2 atom stereocenters. The van der Waals surface area contributed by atoms with E-state index in [1.54, 1.807) is 0 Å². The van der Waals surface area contributed by atoms with Gasteiger partial charge in [-0.15, -0.1) is 6.42 Å². The molecular formula is C17H25NO2. The molecule has 0 saturated carbocycles. The van der Waals surface area contributed by atoms with Crippen LogP contribution in [0.3, 0.4) is 0 Å². The smallest absolute Gasteiger partial charge is 0.130 e. The molecule has 3 heteroatoms. The van der Waals surface area contributed by atoms with Crippen molar-refractivity contribution in [2.24, 2.45) is 17.6 Å². The Kier molecular flexibility index (Phi) is 6.06. The van der Waals surface area contributed by atoms with Crippen LogP contribution in [-0.4, -0.2) is 23.9 Å². The van der Waals surface area contributed by atoms with Crippen LogP contribution in [0, 0.1) is 24.2 Å². The number of benzene rings is 1. The number of terminal acetylenes is 1. The van der Waals surface area contributed by atoms with Crippen molar-refractivity contribution in [1.82, 2.24) is 0 Å². The van der Waals surface area contributed by atoms with Gasteiger partial charge < -0.3 is 15.6 Å². The SMILES string of the molecule is C#CC(O)(C(C)C)C(C)Cc1cccc(OCCN)c1. The molecule has 1 rings (SSSR count). The molecule has 0 fully saturated rings. The second kappa shape index (κ2) is 7.33. The number of aliphatic hydroxyl groups is 1. The summed E-state index contributed by atoms with van der Waals surface area (Å²) in [6.07, 6.45) is 6.23. The Morgan fingerprint density at radius 1 is 1.40 bits per heavy atom. The van der Waals surface area contributed by atoms with E-state index in [4.69, 9.17) is 16.9 Å². The van der Waals surface area contributed by atoms with Crippen molar-refractivity contribution in [2.45, 2.75) is 32.8 Å². The average Bonchev–Trinajstić information content (AvgIpc) is 2.44. The highest BCUT2D eigenvalue weighted by molar-refractivity contribution is 5.29. The second-order valence-electron chi connectivity index (χ2n) is 5.51. The molecule has 0 amide bonds. The molecule has 0 aliphatic heterocycles. The van der Waals surface area contributed by atoms with Gasteiger partial charge in [0.15, 0.2) is 0 Å². The Morgan fingerprint density at radius 3 is 2.65 bits per heavy atom. The van der Waals surface area contributed by atoms with Crippen LogP contribution in [0.2, 0.25) is 0 Å². The molecule has 20 heavy (non-hydrogen) atoms. The summed E-state index contributed by atoms with van der Waals surface area (Å²) in [5.41, 5.74) is 5.43. The lowest BCUT2D eigenvalue weighted by Gasteiger charge is -2.33. The summed E-state index contributed by atoms with van der Waals surface area (Å²) in [4.78, 5) is 0. The van der Waals surface area contributed by atoms with Crippen molar-refractivity contribution < 1.29 is 9.84 Å². The maximum atomic E-state index is 10.6. The van der Waals surface area contributed by atoms with Gasteiger partial charge in [0.05, 0.1) is 0 Å². The lowest BCUT2D eigenvalue weighted by molar-refractivity contribution is 0.00259. The first kappa shape index (κ1) is 16.6. The van der Waals surface area contributed by atoms with E-state index in [9.17, 15) is 5.11 Å². The van der Waals surface area contributed by atoms with Crippen LogP contribution >= 0.6 is 0 Å². The molecule has 2 unspecified atom stereocenters. The number of rotatable bonds is 7. The van der Waals surface area contributed by atoms with Gasteiger partial charge in [0.25, 0.3) is 0 Å². The zero-order chi connectivity index (χ0) is 15.2. The minimum Gasteiger partial charge on any atom is -0.492 e. The van der Waals surface area contributed by atoms with Crippen LogP contribution in [0.25, 0.3) is 0 Å². The van der Waals surface area contributed by atoms with Crippen LogP contribution in [-0.2, 0) is 6.42 Å². The first-order chi connectivity index (χ1) is 9.43. The van der Waals surface area contributed by atoms with E-state index in [0.717, 1.165) is 11.3 Å². The van der Waals surface area contributed by atoms with E-state index in [1.165, 1.54) is 0 Å². The summed E-state index contributed by atoms with van der Waals surface area (Å²) in [5, 5.41) is 10.6. The fourth-order valence-corrected chi connectivity index (χ4v) is 2.33. The molecule has 0 radical (unpaired) electrons. The minimum absolute atomic E-state index is 0.0131. The third-order valence-electron chi connectivity index (χ3n) is 3.69. The van der Waals surface area contributed by atoms with E-state index in [1.807, 2.05) is 45.0 Å². The molecule has 1 aromatic rings. The topological polar surface area (TPSA) is 55.5 Å². The lowest BCUT2D eigenvalue weighted by Crippen LogP contribution is -2.41. The normalized spacial score (nSPS) is 15.4. The maximum Gasteiger partial charge on any atom is 0.130 e. The van der Waals surface area contributed by atoms with Gasteiger partial charge in [-0.1, -0.05) is 38.8 Å². The third-order valence-corrected chi connectivity index (χ3v) is 3.69. The van der Waals surface area contributed by atoms with Crippen molar-refractivity contribution in [2.75, 3.05) is 13.2 Å². The van der Waals surface area contributed by atoms with E-state index < -0.39 is 5.60 Å². The monoisotopic (exact) mass is 275 g/mol. The molecule has 0 bridgehead atoms. The third kappa shape index (κ3) is 4.00. The van der Waals surface area contributed by atoms with Crippen molar-refractivity contribution in [3.8, 4) is 18.1 Å². The van der Waals surface area contributed by atoms with Crippen LogP contribution in [0.5, 0.6) is 5.75 Å². The summed E-state index contributed by atoms with van der Waals surface area (Å²) in [7, 11) is 0. The van der Waals surface area contributed by atoms with Crippen LogP contribution < -0.4 is 10.5 Å². The zero-order valence-corrected chi connectivity index (χ0v) is 12.6. The standard InChI is InChI=1S/C17H25NO2/c1-5-17(19,13(2)3)14(4)11-15-7-6-8-16(12-15)20-10-9-18/h1,6-8,12-14,19H,9-11,18H2,2-4H3. The van der Waals surface area contributed by atoms with Gasteiger partial charge in [-0.05, 0) is 30.0 Å². The summed E-state index contributed by atoms with van der Waals surface area (Å²) < 4.78 is 5.51. The van der Waals surface area contributed by atoms with E-state index in [-0.39, 0.29) is 11.8 Å². The summed E-state index contributed by atoms with van der Waals surface area (Å²) in [6.45, 7) is 6.85. The van der Waals surface area contributed by atoms with Gasteiger partial charge in [0.1, 0.15) is 18.0 Å². The molecule has 3 N–H and O–H groups in total. The van der Waals surface area contributed by atoms with E-state index in [2.05, 4.69) is 5.92 Å². The quantitative estimate of drug-likeness (QED) is 0.750. The van der Waals surface area contributed by atoms with Gasteiger partial charge in [-0.2, -0.15) is 0 Å². The zero-order valence-electron chi connectivity index (χ0n) is 12.6. The molecule has 0 aliphatic carbocycles. The molecule has 0 aromatic heterocycles. The van der Waals surface area contributed by atoms with Crippen LogP contribution in [0.4, 0.5) is 0 Å². The largest absolute Gasteiger partial charge is 0.492 e. The van der Waals surface area contributed by atoms with Crippen molar-refractivity contribution in [3.63, 3.8) is 0 Å². The summed E-state index contributed by atoms with van der Waals surface area (Å²) in [5.74, 6) is 3.34. The first-order valence-electron chi connectivity index (χ1n) is 7.06. The summed E-state index contributed by atoms with van der Waals surface area (Å²) >= 11 is 0. The van der Waals surface area contributed by atoms with Gasteiger partial charge in [0.2, 0.25) is 0 Å². The highest BCUT2D eigenvalue weighted by Crippen LogP contribution is 2.29. The fraction of sp³-hybridized carbons (Fsp3) is 0.529. The predicted octanol–water partition coefficient (Wildman–Crippen LogP) is 2.22. The molecule has 0 spiro atoms. The molecule has 3 nitrogen and oxygen atoms in total. The Hall–Kier alpha value is -1.50. The molecule has 0 aliphatic rings. The number of hydrogen-bond acceptors (Lipinski definition) is 3. The van der Waals surface area contributed by atoms with Crippen molar-refractivity contribution in [1.29, 1.82) is 0 Å². The molecule has 110 valence electrons. The van der Waals surface area contributed by atoms with E-state index >= 15 is 0 Å². The first-order valence-corrected chi connectivity index (χ1v) is 7.06. The Balaban J connectivity index is 2.80. The highest BCUT2D eigenvalue weighted by atomic mass is 16.5. The number of hydrogen-bond donors (Lipinski definition) is 2. The molecule has 0 heterocycles. The number of ether oxygens (including phenoxy) is 1. The van der Waals surface area contributed by atoms with Crippen LogP contribution in [0.15, 0.2) is 24.3 Å². The molecular weight excluding hydrogens is 250 g/mol. The van der Waals surface area contributed by atoms with Gasteiger partial charge in [-0.3, -0.25) is 0 Å². The van der Waals surface area contributed by atoms with Crippen molar-refractivity contribution in [3.05, 3.63) is 29.8 Å². The average molecular weight is 275 g/mol. The minimum atomic E-state index is -1.09. The van der Waals surface area contributed by atoms with Gasteiger partial charge in [-0.25, -0.2) is 0 Å². The second-order valence-corrected chi connectivity index (χ2v) is 5.51. The van der Waals surface area contributed by atoms with Gasteiger partial charge in [0, 0.05) is 12.5 Å². The number of nitrogens with two attached hydrogens (primary N) is 1. The predicted molar refractivity (Wildman–Crippen MR) is 82.5 cm³/mol. The highest BCUT2D eigenvalue weighted by Gasteiger charge is 2.34. The lowest BCUT2D eigenvalue weighted by atomic mass is 9.77. The fourth-order valence-electron chi connectivity index (χ4n) is 2.33. The van der Waals surface area contributed by atoms with Crippen molar-refractivity contribution >= 4 is 0 Å². The molecule has 1 aromatic carbocycles.